The molecule has 2 saturated heterocycles. The Balaban J connectivity index is 1.03. The van der Waals surface area contributed by atoms with Gasteiger partial charge in [0, 0.05) is 42.5 Å². The van der Waals surface area contributed by atoms with Gasteiger partial charge in [-0.05, 0) is 89.4 Å². The van der Waals surface area contributed by atoms with E-state index in [9.17, 15) is 13.6 Å². The predicted octanol–water partition coefficient (Wildman–Crippen LogP) is 4.78. The number of nitrogens with one attached hydrogen (secondary N) is 1. The van der Waals surface area contributed by atoms with Gasteiger partial charge in [-0.25, -0.2) is 8.78 Å². The van der Waals surface area contributed by atoms with Crippen LogP contribution in [0.1, 0.15) is 69.4 Å². The molecule has 3 aliphatic rings. The summed E-state index contributed by atoms with van der Waals surface area (Å²) in [5.41, 5.74) is 1.07. The highest BCUT2D eigenvalue weighted by Gasteiger charge is 2.29. The van der Waals surface area contributed by atoms with Gasteiger partial charge in [0.15, 0.2) is 17.2 Å². The van der Waals surface area contributed by atoms with Crippen molar-refractivity contribution in [2.75, 3.05) is 32.8 Å². The molecule has 1 saturated carbocycles. The number of piperidine rings is 1. The van der Waals surface area contributed by atoms with E-state index in [0.717, 1.165) is 75.8 Å². The Kier molecular flexibility index (Phi) is 7.44. The summed E-state index contributed by atoms with van der Waals surface area (Å²) >= 11 is 0. The fraction of sp³-hybridized carbons (Fsp3) is 0.692. The number of benzene rings is 1. The van der Waals surface area contributed by atoms with Crippen LogP contribution in [0.4, 0.5) is 8.78 Å². The third-order valence-electron chi connectivity index (χ3n) is 8.15. The van der Waals surface area contributed by atoms with Crippen LogP contribution in [-0.2, 0) is 9.53 Å². The Hall–Kier alpha value is -2.06. The number of hydrogen-bond acceptors (Lipinski definition) is 5. The number of aromatic nitrogens is 1. The largest absolute Gasteiger partial charge is 0.381 e. The first-order chi connectivity index (χ1) is 16.6. The first-order valence-electron chi connectivity index (χ1n) is 12.9. The van der Waals surface area contributed by atoms with Crippen molar-refractivity contribution in [3.63, 3.8) is 0 Å². The van der Waals surface area contributed by atoms with Crippen LogP contribution in [0.5, 0.6) is 0 Å². The average molecular weight is 476 g/mol. The zero-order valence-corrected chi connectivity index (χ0v) is 19.7. The number of ether oxygens (including phenoxy) is 1. The van der Waals surface area contributed by atoms with Crippen LogP contribution in [-0.4, -0.2) is 54.9 Å². The minimum Gasteiger partial charge on any atom is -0.381 e. The maximum Gasteiger partial charge on any atom is 0.223 e. The van der Waals surface area contributed by atoms with Gasteiger partial charge < -0.3 is 19.5 Å². The van der Waals surface area contributed by atoms with Crippen LogP contribution < -0.4 is 5.32 Å². The van der Waals surface area contributed by atoms with E-state index in [0.29, 0.717) is 30.2 Å². The number of hydrogen-bond donors (Lipinski definition) is 1. The maximum atomic E-state index is 13.7. The van der Waals surface area contributed by atoms with Crippen LogP contribution in [0.2, 0.25) is 0 Å². The van der Waals surface area contributed by atoms with Gasteiger partial charge >= 0.3 is 0 Å². The number of fused-ring (bicyclic) bond motifs is 1. The Bertz CT molecular complexity index is 975. The fourth-order valence-electron chi connectivity index (χ4n) is 5.92. The first kappa shape index (κ1) is 23.7. The Morgan fingerprint density at radius 3 is 2.44 bits per heavy atom. The molecule has 3 fully saturated rings. The smallest absolute Gasteiger partial charge is 0.223 e. The van der Waals surface area contributed by atoms with Crippen molar-refractivity contribution in [1.29, 1.82) is 0 Å². The van der Waals surface area contributed by atoms with Crippen molar-refractivity contribution in [1.82, 2.24) is 15.4 Å². The van der Waals surface area contributed by atoms with E-state index in [1.165, 1.54) is 25.3 Å². The van der Waals surface area contributed by atoms with E-state index in [1.54, 1.807) is 0 Å². The summed E-state index contributed by atoms with van der Waals surface area (Å²) in [6.07, 6.45) is 9.32. The van der Waals surface area contributed by atoms with E-state index in [-0.39, 0.29) is 17.7 Å². The molecule has 8 heteroatoms. The number of halogens is 2. The monoisotopic (exact) mass is 475 g/mol. The van der Waals surface area contributed by atoms with Crippen molar-refractivity contribution >= 4 is 16.9 Å². The van der Waals surface area contributed by atoms with Gasteiger partial charge in [0.1, 0.15) is 0 Å². The molecule has 1 amide bonds. The highest BCUT2D eigenvalue weighted by molar-refractivity contribution is 5.80. The van der Waals surface area contributed by atoms with E-state index in [4.69, 9.17) is 9.26 Å². The predicted molar refractivity (Wildman–Crippen MR) is 124 cm³/mol. The minimum absolute atomic E-state index is 0.129. The number of carbonyl (C=O) groups is 1. The lowest BCUT2D eigenvalue weighted by Gasteiger charge is -2.34. The standard InChI is InChI=1S/C26H35F2N3O3/c27-22-15-21-24(16-23(22)28)34-30-25(21)18-6-11-31(12-7-18)10-5-17-1-3-20(4-2-17)29-26(32)19-8-13-33-14-9-19/h15-20H,1-14H2,(H,29,32). The van der Waals surface area contributed by atoms with Crippen LogP contribution in [0.25, 0.3) is 11.0 Å². The summed E-state index contributed by atoms with van der Waals surface area (Å²) in [5, 5.41) is 8.02. The molecule has 2 aromatic rings. The fourth-order valence-corrected chi connectivity index (χ4v) is 5.92. The second-order valence-corrected chi connectivity index (χ2v) is 10.3. The summed E-state index contributed by atoms with van der Waals surface area (Å²) in [6, 6.07) is 2.63. The lowest BCUT2D eigenvalue weighted by atomic mass is 9.83. The molecule has 5 rings (SSSR count). The van der Waals surface area contributed by atoms with Gasteiger partial charge in [0.2, 0.25) is 5.91 Å². The Morgan fingerprint density at radius 2 is 1.71 bits per heavy atom. The summed E-state index contributed by atoms with van der Waals surface area (Å²) < 4.78 is 37.8. The van der Waals surface area contributed by atoms with Gasteiger partial charge in [0.25, 0.3) is 0 Å². The molecule has 1 aromatic heterocycles. The second-order valence-electron chi connectivity index (χ2n) is 10.3. The number of amides is 1. The molecule has 2 aliphatic heterocycles. The minimum atomic E-state index is -0.902. The van der Waals surface area contributed by atoms with Gasteiger partial charge in [-0.2, -0.15) is 0 Å². The lowest BCUT2D eigenvalue weighted by Crippen LogP contribution is -2.42. The topological polar surface area (TPSA) is 67.6 Å². The quantitative estimate of drug-likeness (QED) is 0.652. The molecule has 1 N–H and O–H groups in total. The van der Waals surface area contributed by atoms with Crippen molar-refractivity contribution in [2.24, 2.45) is 11.8 Å². The van der Waals surface area contributed by atoms with E-state index < -0.39 is 11.6 Å². The molecule has 0 radical (unpaired) electrons. The number of nitrogens with zero attached hydrogens (tertiary/aromatic N) is 2. The average Bonchev–Trinajstić information content (AvgIpc) is 3.27. The van der Waals surface area contributed by atoms with Gasteiger partial charge in [-0.3, -0.25) is 4.79 Å². The molecule has 0 bridgehead atoms. The molecular formula is C26H35F2N3O3. The van der Waals surface area contributed by atoms with Crippen LogP contribution in [0, 0.1) is 23.5 Å². The van der Waals surface area contributed by atoms with Crippen molar-refractivity contribution in [3.8, 4) is 0 Å². The summed E-state index contributed by atoms with van der Waals surface area (Å²) in [7, 11) is 0. The molecule has 3 heterocycles. The van der Waals surface area contributed by atoms with Crippen molar-refractivity contribution in [2.45, 2.75) is 69.7 Å². The number of likely N-dealkylation sites (tertiary alicyclic amines) is 1. The van der Waals surface area contributed by atoms with Crippen LogP contribution in [0.3, 0.4) is 0 Å². The van der Waals surface area contributed by atoms with Crippen molar-refractivity contribution in [3.05, 3.63) is 29.5 Å². The third-order valence-corrected chi connectivity index (χ3v) is 8.15. The highest BCUT2D eigenvalue weighted by Crippen LogP contribution is 2.34. The van der Waals surface area contributed by atoms with E-state index in [1.807, 2.05) is 0 Å². The molecule has 0 atom stereocenters. The normalized spacial score (nSPS) is 25.6. The Morgan fingerprint density at radius 1 is 1.00 bits per heavy atom. The maximum absolute atomic E-state index is 13.7. The molecule has 34 heavy (non-hydrogen) atoms. The molecule has 0 spiro atoms. The van der Waals surface area contributed by atoms with Crippen LogP contribution in [0.15, 0.2) is 16.7 Å². The summed E-state index contributed by atoms with van der Waals surface area (Å²) in [6.45, 7) is 4.47. The zero-order valence-electron chi connectivity index (χ0n) is 19.7. The summed E-state index contributed by atoms with van der Waals surface area (Å²) in [4.78, 5) is 15.0. The highest BCUT2D eigenvalue weighted by atomic mass is 19.2. The van der Waals surface area contributed by atoms with Gasteiger partial charge in [-0.1, -0.05) is 5.16 Å². The molecule has 1 aromatic carbocycles. The van der Waals surface area contributed by atoms with Crippen molar-refractivity contribution < 1.29 is 22.8 Å². The van der Waals surface area contributed by atoms with E-state index in [2.05, 4.69) is 15.4 Å². The SMILES string of the molecule is O=C(NC1CCC(CCN2CCC(c3noc4cc(F)c(F)cc34)CC2)CC1)C1CCOCC1. The van der Waals surface area contributed by atoms with Gasteiger partial charge in [-0.15, -0.1) is 0 Å². The second kappa shape index (κ2) is 10.7. The molecule has 0 unspecified atom stereocenters. The third kappa shape index (κ3) is 5.43. The molecular weight excluding hydrogens is 440 g/mol. The summed E-state index contributed by atoms with van der Waals surface area (Å²) in [5.74, 6) is -0.455. The van der Waals surface area contributed by atoms with Gasteiger partial charge in [0.05, 0.1) is 5.69 Å². The Labute approximate surface area is 199 Å². The van der Waals surface area contributed by atoms with Crippen LogP contribution >= 0.6 is 0 Å². The molecule has 6 nitrogen and oxygen atoms in total. The number of rotatable bonds is 6. The molecule has 186 valence electrons. The molecule has 1 aliphatic carbocycles. The number of carbonyl (C=O) groups excluding carboxylic acids is 1. The zero-order chi connectivity index (χ0) is 23.5. The first-order valence-corrected chi connectivity index (χ1v) is 12.9. The van der Waals surface area contributed by atoms with E-state index >= 15 is 0 Å². The lowest BCUT2D eigenvalue weighted by molar-refractivity contribution is -0.128.